The van der Waals surface area contributed by atoms with Gasteiger partial charge in [-0.3, -0.25) is 29.4 Å². The Morgan fingerprint density at radius 1 is 0.797 bits per heavy atom. The Labute approximate surface area is 452 Å². The van der Waals surface area contributed by atoms with Gasteiger partial charge in [0.15, 0.2) is 11.5 Å². The molecule has 1 spiro atoms. The highest BCUT2D eigenvalue weighted by Crippen LogP contribution is 2.66. The lowest BCUT2D eigenvalue weighted by atomic mass is 9.64. The highest BCUT2D eigenvalue weighted by atomic mass is 16.6. The summed E-state index contributed by atoms with van der Waals surface area (Å²) in [5, 5.41) is 31.0. The number of phenols is 1. The molecule has 0 bridgehead atoms. The van der Waals surface area contributed by atoms with Crippen LogP contribution in [0.5, 0.6) is 17.2 Å². The maximum absolute atomic E-state index is 16.9. The maximum Gasteiger partial charge on any atom is 0.421 e. The number of hydrogen-bond donors (Lipinski definition) is 1. The van der Waals surface area contributed by atoms with Crippen LogP contribution in [0.1, 0.15) is 62.7 Å². The van der Waals surface area contributed by atoms with Gasteiger partial charge in [0.1, 0.15) is 42.0 Å². The second-order valence-electron chi connectivity index (χ2n) is 19.7. The number of nitro benzene ring substituents is 1. The molecular weight excluding hydrogens is 1010 g/mol. The van der Waals surface area contributed by atoms with E-state index < -0.39 is 64.4 Å². The first-order chi connectivity index (χ1) is 38.5. The number of anilines is 1. The summed E-state index contributed by atoms with van der Waals surface area (Å²) in [5.74, 6) is 3.55. The molecule has 6 atom stereocenters. The first-order valence-corrected chi connectivity index (χ1v) is 25.5. The monoisotopic (exact) mass is 1060 g/mol. The van der Waals surface area contributed by atoms with Crippen LogP contribution >= 0.6 is 0 Å². The Bertz CT molecular complexity index is 3790. The molecule has 79 heavy (non-hydrogen) atoms. The Morgan fingerprint density at radius 3 is 2.19 bits per heavy atom. The van der Waals surface area contributed by atoms with Crippen molar-refractivity contribution in [2.45, 2.75) is 55.8 Å². The van der Waals surface area contributed by atoms with Crippen molar-refractivity contribution in [1.29, 1.82) is 0 Å². The van der Waals surface area contributed by atoms with Crippen LogP contribution in [-0.2, 0) is 55.4 Å². The van der Waals surface area contributed by atoms with Crippen molar-refractivity contribution < 1.29 is 48.2 Å². The van der Waals surface area contributed by atoms with Crippen LogP contribution in [0.25, 0.3) is 11.0 Å². The van der Waals surface area contributed by atoms with Crippen LogP contribution in [-0.4, -0.2) is 85.5 Å². The standard InChI is InChI=1S/C61H49N7O11/c1-76-50-33-42-29-31-64(35-43(42)34-51(50)77-2)57(70)52-54-58(71)79-55(40-15-7-4-8-16-40)53(39-13-5-3-6-14-39)67(54)56(41-22-26-45(69)27-23-41)61(52)46-32-37(12-11-30-65-49-18-10-9-17-47(49)62-63-65)21-28-48(46)66(59(61)72)60(73)78-36-38-19-24-44(25-20-38)68(74)75/h3-10,13-28,32-34,52-56,69H,29-31,35-36H2,1-2H3. The molecule has 7 aromatic carbocycles. The molecule has 6 unspecified atom stereocenters. The van der Waals surface area contributed by atoms with Gasteiger partial charge >= 0.3 is 12.1 Å². The van der Waals surface area contributed by atoms with Gasteiger partial charge < -0.3 is 29.0 Å². The number of hydrogen-bond acceptors (Lipinski definition) is 14. The molecule has 4 aliphatic rings. The van der Waals surface area contributed by atoms with E-state index in [1.54, 1.807) is 47.0 Å². The van der Waals surface area contributed by atoms with E-state index in [4.69, 9.17) is 18.9 Å². The third-order valence-electron chi connectivity index (χ3n) is 15.5. The number of cyclic esters (lactones) is 1. The van der Waals surface area contributed by atoms with Gasteiger partial charge in [-0.25, -0.2) is 14.4 Å². The Kier molecular flexibility index (Phi) is 12.8. The summed E-state index contributed by atoms with van der Waals surface area (Å²) in [7, 11) is 3.08. The minimum absolute atomic E-state index is 0.0615. The van der Waals surface area contributed by atoms with Crippen molar-refractivity contribution in [2.24, 2.45) is 5.92 Å². The number of nitro groups is 1. The maximum atomic E-state index is 16.9. The van der Waals surface area contributed by atoms with Gasteiger partial charge in [0.2, 0.25) is 11.8 Å². The van der Waals surface area contributed by atoms with Crippen molar-refractivity contribution in [3.05, 3.63) is 218 Å². The van der Waals surface area contributed by atoms with E-state index in [1.165, 1.54) is 43.5 Å². The van der Waals surface area contributed by atoms with Gasteiger partial charge in [0, 0.05) is 30.8 Å². The van der Waals surface area contributed by atoms with Gasteiger partial charge in [-0.1, -0.05) is 102 Å². The van der Waals surface area contributed by atoms with Gasteiger partial charge in [0.25, 0.3) is 5.69 Å². The lowest BCUT2D eigenvalue weighted by molar-refractivity contribution is -0.384. The number of aromatic nitrogens is 3. The highest BCUT2D eigenvalue weighted by Gasteiger charge is 2.76. The number of para-hydroxylation sites is 1. The van der Waals surface area contributed by atoms with Gasteiger partial charge in [-0.2, -0.15) is 0 Å². The quantitative estimate of drug-likeness (QED) is 0.0588. The second kappa shape index (κ2) is 20.3. The fraction of sp³-hybridized carbons (Fsp3) is 0.213. The van der Waals surface area contributed by atoms with E-state index in [1.807, 2.05) is 102 Å². The van der Waals surface area contributed by atoms with Crippen molar-refractivity contribution in [1.82, 2.24) is 24.8 Å². The van der Waals surface area contributed by atoms with Crippen LogP contribution in [0.15, 0.2) is 164 Å². The zero-order valence-electron chi connectivity index (χ0n) is 42.7. The Balaban J connectivity index is 1.09. The van der Waals surface area contributed by atoms with E-state index in [0.29, 0.717) is 51.3 Å². The minimum Gasteiger partial charge on any atom is -0.508 e. The molecule has 18 heteroatoms. The summed E-state index contributed by atoms with van der Waals surface area (Å²) in [6, 6.07) is 43.0. The van der Waals surface area contributed by atoms with Gasteiger partial charge in [0.05, 0.1) is 48.3 Å². The number of nitrogens with zero attached hydrogens (tertiary/aromatic N) is 7. The smallest absolute Gasteiger partial charge is 0.421 e. The number of non-ortho nitro benzene ring substituents is 1. The molecule has 2 fully saturated rings. The van der Waals surface area contributed by atoms with E-state index >= 15 is 19.2 Å². The molecule has 0 aliphatic carbocycles. The van der Waals surface area contributed by atoms with Crippen LogP contribution in [0, 0.1) is 27.9 Å². The number of imide groups is 1. The van der Waals surface area contributed by atoms with Crippen molar-refractivity contribution >= 4 is 46.3 Å². The number of ether oxygens (including phenoxy) is 4. The summed E-state index contributed by atoms with van der Waals surface area (Å²) >= 11 is 0. The summed E-state index contributed by atoms with van der Waals surface area (Å²) in [4.78, 5) is 79.8. The van der Waals surface area contributed by atoms with E-state index in [0.717, 1.165) is 21.5 Å². The predicted molar refractivity (Wildman–Crippen MR) is 286 cm³/mol. The molecule has 1 N–H and O–H groups in total. The van der Waals surface area contributed by atoms with Gasteiger partial charge in [-0.15, -0.1) is 5.10 Å². The van der Waals surface area contributed by atoms with Crippen molar-refractivity contribution in [3.8, 4) is 29.1 Å². The molecule has 5 heterocycles. The number of benzene rings is 7. The Hall–Kier alpha value is -9.86. The minimum atomic E-state index is -2.16. The average Bonchev–Trinajstić information content (AvgIpc) is 3.02. The zero-order valence-corrected chi connectivity index (χ0v) is 42.7. The summed E-state index contributed by atoms with van der Waals surface area (Å²) in [6.07, 6.45) is -1.70. The molecule has 12 rings (SSSR count). The third-order valence-corrected chi connectivity index (χ3v) is 15.5. The lowest BCUT2D eigenvalue weighted by Gasteiger charge is -2.46. The predicted octanol–water partition coefficient (Wildman–Crippen LogP) is 8.70. The largest absolute Gasteiger partial charge is 0.508 e. The molecule has 394 valence electrons. The molecule has 4 aliphatic heterocycles. The number of amides is 3. The summed E-state index contributed by atoms with van der Waals surface area (Å²) < 4.78 is 25.6. The number of methoxy groups -OCH3 is 2. The first-order valence-electron chi connectivity index (χ1n) is 25.5. The number of morpholine rings is 1. The average molecular weight is 1060 g/mol. The Morgan fingerprint density at radius 2 is 1.48 bits per heavy atom. The number of carbonyl (C=O) groups is 4. The zero-order chi connectivity index (χ0) is 54.5. The molecule has 3 amide bonds. The first kappa shape index (κ1) is 50.0. The fourth-order valence-corrected chi connectivity index (χ4v) is 12.0. The summed E-state index contributed by atoms with van der Waals surface area (Å²) in [6.45, 7) is -0.0101. The van der Waals surface area contributed by atoms with Crippen molar-refractivity contribution in [3.63, 3.8) is 0 Å². The molecule has 2 saturated heterocycles. The molecule has 18 nitrogen and oxygen atoms in total. The number of carbonyl (C=O) groups excluding carboxylic acids is 4. The topological polar surface area (TPSA) is 209 Å². The van der Waals surface area contributed by atoms with E-state index in [2.05, 4.69) is 22.2 Å². The third kappa shape index (κ3) is 8.51. The molecule has 0 radical (unpaired) electrons. The normalized spacial score (nSPS) is 21.1. The lowest BCUT2D eigenvalue weighted by Crippen LogP contribution is -2.57. The van der Waals surface area contributed by atoms with Gasteiger partial charge in [-0.05, 0) is 112 Å². The number of fused-ring (bicyclic) bond motifs is 5. The van der Waals surface area contributed by atoms with E-state index in [-0.39, 0.29) is 48.9 Å². The van der Waals surface area contributed by atoms with Crippen LogP contribution < -0.4 is 14.4 Å². The number of rotatable bonds is 10. The number of phenolic OH excluding ortho intramolecular Hbond substituents is 1. The SMILES string of the molecule is COc1cc2c(cc1OC)CN(C(=O)C1C3C(=O)OC(c4ccccc4)C(c4ccccc4)N3C(c3ccc(O)cc3)C13C(=O)N(C(=O)OCc1ccc([N+](=O)[O-])cc1)c1ccc(C#CCn4nnc5ccccc54)cc13)CC2. The van der Waals surface area contributed by atoms with Crippen LogP contribution in [0.4, 0.5) is 16.2 Å². The number of esters is 1. The molecule has 8 aromatic rings. The molecule has 1 aromatic heterocycles. The second-order valence-corrected chi connectivity index (χ2v) is 19.7. The van der Waals surface area contributed by atoms with Crippen LogP contribution in [0.3, 0.4) is 0 Å². The number of aromatic hydroxyl groups is 1. The molecular formula is C61H49N7O11. The van der Waals surface area contributed by atoms with Crippen LogP contribution in [0.2, 0.25) is 0 Å². The fourth-order valence-electron chi connectivity index (χ4n) is 12.0. The highest BCUT2D eigenvalue weighted by molar-refractivity contribution is 6.23. The van der Waals surface area contributed by atoms with Crippen molar-refractivity contribution in [2.75, 3.05) is 25.7 Å². The molecule has 0 saturated carbocycles. The van der Waals surface area contributed by atoms with E-state index in [9.17, 15) is 15.2 Å². The summed E-state index contributed by atoms with van der Waals surface area (Å²) in [5.41, 5.74) is 3.73.